The summed E-state index contributed by atoms with van der Waals surface area (Å²) in [5.74, 6) is -0.782. The zero-order valence-electron chi connectivity index (χ0n) is 12.0. The lowest BCUT2D eigenvalue weighted by Gasteiger charge is -2.31. The van der Waals surface area contributed by atoms with Gasteiger partial charge >= 0.3 is 5.97 Å². The van der Waals surface area contributed by atoms with Gasteiger partial charge in [0.05, 0.1) is 13.2 Å². The number of aliphatic carboxylic acids is 1. The summed E-state index contributed by atoms with van der Waals surface area (Å²) in [6.45, 7) is 7.51. The molecule has 0 radical (unpaired) electrons. The first-order valence-electron chi connectivity index (χ1n) is 6.56. The lowest BCUT2D eigenvalue weighted by atomic mass is 9.89. The maximum absolute atomic E-state index is 11.4. The third kappa shape index (κ3) is 6.33. The Labute approximate surface area is 110 Å². The highest BCUT2D eigenvalue weighted by atomic mass is 16.5. The largest absolute Gasteiger partial charge is 0.480 e. The number of carboxylic acid groups (broad SMARTS) is 1. The lowest BCUT2D eigenvalue weighted by molar-refractivity contribution is -0.146. The second kappa shape index (κ2) is 9.30. The van der Waals surface area contributed by atoms with Gasteiger partial charge in [0, 0.05) is 19.8 Å². The summed E-state index contributed by atoms with van der Waals surface area (Å²) in [7, 11) is 1.63. The highest BCUT2D eigenvalue weighted by Gasteiger charge is 2.36. The van der Waals surface area contributed by atoms with Crippen LogP contribution in [0.2, 0.25) is 0 Å². The number of hydrogen-bond acceptors (Lipinski definition) is 4. The first kappa shape index (κ1) is 17.4. The molecule has 0 aliphatic rings. The number of nitrogens with one attached hydrogen (secondary N) is 1. The highest BCUT2D eigenvalue weighted by Crippen LogP contribution is 2.19. The zero-order valence-corrected chi connectivity index (χ0v) is 12.0. The predicted molar refractivity (Wildman–Crippen MR) is 70.9 cm³/mol. The van der Waals surface area contributed by atoms with Gasteiger partial charge in [-0.25, -0.2) is 0 Å². The van der Waals surface area contributed by atoms with Gasteiger partial charge in [-0.2, -0.15) is 0 Å². The van der Waals surface area contributed by atoms with Crippen LogP contribution in [0.15, 0.2) is 0 Å². The van der Waals surface area contributed by atoms with Crippen LogP contribution in [0.5, 0.6) is 0 Å². The Morgan fingerprint density at radius 2 is 2.00 bits per heavy atom. The molecule has 0 aromatic rings. The molecule has 2 N–H and O–H groups in total. The Morgan fingerprint density at radius 3 is 2.44 bits per heavy atom. The normalized spacial score (nSPS) is 14.7. The number of rotatable bonds is 11. The van der Waals surface area contributed by atoms with Gasteiger partial charge in [0.2, 0.25) is 0 Å². The number of methoxy groups -OCH3 is 1. The molecule has 0 saturated carbocycles. The Hall–Kier alpha value is -0.650. The van der Waals surface area contributed by atoms with Crippen LogP contribution in [-0.4, -0.2) is 49.6 Å². The van der Waals surface area contributed by atoms with Gasteiger partial charge in [-0.05, 0) is 33.1 Å². The molecule has 0 amide bonds. The fraction of sp³-hybridized carbons (Fsp3) is 0.923. The molecule has 0 fully saturated rings. The summed E-state index contributed by atoms with van der Waals surface area (Å²) in [5, 5.41) is 12.6. The maximum atomic E-state index is 11.4. The van der Waals surface area contributed by atoms with Gasteiger partial charge < -0.3 is 14.6 Å². The summed E-state index contributed by atoms with van der Waals surface area (Å²) < 4.78 is 10.2. The zero-order chi connectivity index (χ0) is 14.0. The van der Waals surface area contributed by atoms with Crippen molar-refractivity contribution in [2.45, 2.75) is 51.6 Å². The molecule has 0 aromatic heterocycles. The van der Waals surface area contributed by atoms with Gasteiger partial charge in [-0.15, -0.1) is 0 Å². The third-order valence-corrected chi connectivity index (χ3v) is 2.90. The highest BCUT2D eigenvalue weighted by molar-refractivity contribution is 5.78. The quantitative estimate of drug-likeness (QED) is 0.554. The first-order chi connectivity index (χ1) is 8.48. The summed E-state index contributed by atoms with van der Waals surface area (Å²) >= 11 is 0. The molecule has 5 heteroatoms. The fourth-order valence-corrected chi connectivity index (χ4v) is 1.94. The second-order valence-corrected chi connectivity index (χ2v) is 4.75. The van der Waals surface area contributed by atoms with Gasteiger partial charge in [0.1, 0.15) is 5.54 Å². The SMILES string of the molecule is CCC(CCCOCCOC)(NC(C)C)C(=O)O. The molecule has 0 saturated heterocycles. The second-order valence-electron chi connectivity index (χ2n) is 4.75. The van der Waals surface area contributed by atoms with Crippen molar-refractivity contribution < 1.29 is 19.4 Å². The van der Waals surface area contributed by atoms with E-state index < -0.39 is 11.5 Å². The average Bonchev–Trinajstić information content (AvgIpc) is 2.31. The molecule has 108 valence electrons. The molecule has 0 aliphatic carbocycles. The van der Waals surface area contributed by atoms with Crippen molar-refractivity contribution in [3.63, 3.8) is 0 Å². The number of carbonyl (C=O) groups is 1. The predicted octanol–water partition coefficient (Wildman–Crippen LogP) is 1.66. The van der Waals surface area contributed by atoms with Crippen LogP contribution in [-0.2, 0) is 14.3 Å². The van der Waals surface area contributed by atoms with Crippen LogP contribution in [0.25, 0.3) is 0 Å². The summed E-state index contributed by atoms with van der Waals surface area (Å²) in [6, 6.07) is 0.149. The van der Waals surface area contributed by atoms with Crippen LogP contribution in [0.1, 0.15) is 40.0 Å². The Morgan fingerprint density at radius 1 is 1.33 bits per heavy atom. The maximum Gasteiger partial charge on any atom is 0.323 e. The molecular formula is C13H27NO4. The first-order valence-corrected chi connectivity index (χ1v) is 6.56. The summed E-state index contributed by atoms with van der Waals surface area (Å²) in [5.41, 5.74) is -0.835. The molecule has 1 atom stereocenters. The van der Waals surface area contributed by atoms with E-state index >= 15 is 0 Å². The van der Waals surface area contributed by atoms with Crippen molar-refractivity contribution in [2.75, 3.05) is 26.9 Å². The smallest absolute Gasteiger partial charge is 0.323 e. The van der Waals surface area contributed by atoms with Crippen molar-refractivity contribution in [3.8, 4) is 0 Å². The van der Waals surface area contributed by atoms with E-state index in [9.17, 15) is 9.90 Å². The number of hydrogen-bond donors (Lipinski definition) is 2. The van der Waals surface area contributed by atoms with Gasteiger partial charge in [0.15, 0.2) is 0 Å². The van der Waals surface area contributed by atoms with Gasteiger partial charge in [-0.1, -0.05) is 6.92 Å². The minimum absolute atomic E-state index is 0.149. The van der Waals surface area contributed by atoms with Crippen molar-refractivity contribution in [3.05, 3.63) is 0 Å². The molecule has 5 nitrogen and oxygen atoms in total. The van der Waals surface area contributed by atoms with Crippen molar-refractivity contribution >= 4 is 5.97 Å². The van der Waals surface area contributed by atoms with E-state index in [0.717, 1.165) is 6.42 Å². The van der Waals surface area contributed by atoms with Crippen molar-refractivity contribution in [2.24, 2.45) is 0 Å². The van der Waals surface area contributed by atoms with Crippen LogP contribution in [0, 0.1) is 0 Å². The third-order valence-electron chi connectivity index (χ3n) is 2.90. The van der Waals surface area contributed by atoms with Crippen molar-refractivity contribution in [1.29, 1.82) is 0 Å². The number of carboxylic acids is 1. The Balaban J connectivity index is 4.12. The Kier molecular flexibility index (Phi) is 8.97. The fourth-order valence-electron chi connectivity index (χ4n) is 1.94. The summed E-state index contributed by atoms with van der Waals surface area (Å²) in [6.07, 6.45) is 1.87. The van der Waals surface area contributed by atoms with Gasteiger partial charge in [-0.3, -0.25) is 10.1 Å². The standard InChI is InChI=1S/C13H27NO4/c1-5-13(12(15)16,14-11(2)3)7-6-8-18-10-9-17-4/h11,14H,5-10H2,1-4H3,(H,15,16). The van der Waals surface area contributed by atoms with Gasteiger partial charge in [0.25, 0.3) is 0 Å². The molecule has 1 unspecified atom stereocenters. The van der Waals surface area contributed by atoms with E-state index in [1.165, 1.54) is 0 Å². The average molecular weight is 261 g/mol. The van der Waals surface area contributed by atoms with E-state index in [2.05, 4.69) is 5.32 Å². The molecule has 0 aromatic carbocycles. The Bertz CT molecular complexity index is 233. The molecule has 0 bridgehead atoms. The van der Waals surface area contributed by atoms with Crippen LogP contribution in [0.3, 0.4) is 0 Å². The lowest BCUT2D eigenvalue weighted by Crippen LogP contribution is -2.54. The molecular weight excluding hydrogens is 234 g/mol. The van der Waals surface area contributed by atoms with E-state index in [1.807, 2.05) is 20.8 Å². The van der Waals surface area contributed by atoms with E-state index in [-0.39, 0.29) is 6.04 Å². The molecule has 0 aliphatic heterocycles. The minimum atomic E-state index is -0.835. The van der Waals surface area contributed by atoms with Crippen LogP contribution < -0.4 is 5.32 Å². The van der Waals surface area contributed by atoms with Crippen LogP contribution in [0.4, 0.5) is 0 Å². The number of ether oxygens (including phenoxy) is 2. The molecule has 0 rings (SSSR count). The minimum Gasteiger partial charge on any atom is -0.480 e. The van der Waals surface area contributed by atoms with Crippen LogP contribution >= 0.6 is 0 Å². The monoisotopic (exact) mass is 261 g/mol. The molecule has 0 heterocycles. The van der Waals surface area contributed by atoms with Crippen molar-refractivity contribution in [1.82, 2.24) is 5.32 Å². The summed E-state index contributed by atoms with van der Waals surface area (Å²) in [4.78, 5) is 11.4. The molecule has 0 spiro atoms. The van der Waals surface area contributed by atoms with E-state index in [4.69, 9.17) is 9.47 Å². The van der Waals surface area contributed by atoms with E-state index in [1.54, 1.807) is 7.11 Å². The van der Waals surface area contributed by atoms with E-state index in [0.29, 0.717) is 32.7 Å². The molecule has 18 heavy (non-hydrogen) atoms. The topological polar surface area (TPSA) is 67.8 Å².